The van der Waals surface area contributed by atoms with E-state index < -0.39 is 5.97 Å². The van der Waals surface area contributed by atoms with Crippen molar-refractivity contribution in [1.82, 2.24) is 5.32 Å². The predicted molar refractivity (Wildman–Crippen MR) is 54.6 cm³/mol. The lowest BCUT2D eigenvalue weighted by atomic mass is 10.2. The summed E-state index contributed by atoms with van der Waals surface area (Å²) in [6.07, 6.45) is 0.578. The van der Waals surface area contributed by atoms with Crippen molar-refractivity contribution in [2.24, 2.45) is 5.18 Å². The molecule has 0 aromatic carbocycles. The van der Waals surface area contributed by atoms with Crippen LogP contribution >= 0.6 is 0 Å². The Morgan fingerprint density at radius 2 is 2.07 bits per heavy atom. The fraction of sp³-hybridized carbons (Fsp3) is 0.778. The fourth-order valence-electron chi connectivity index (χ4n) is 1.02. The predicted octanol–water partition coefficient (Wildman–Crippen LogP) is 0.555. The van der Waals surface area contributed by atoms with Crippen LogP contribution in [-0.2, 0) is 9.59 Å². The van der Waals surface area contributed by atoms with E-state index in [4.69, 9.17) is 5.11 Å². The van der Waals surface area contributed by atoms with Crippen LogP contribution in [-0.4, -0.2) is 36.0 Å². The molecule has 0 radical (unpaired) electrons. The van der Waals surface area contributed by atoms with Crippen LogP contribution in [0.2, 0.25) is 0 Å². The summed E-state index contributed by atoms with van der Waals surface area (Å²) in [5.74, 6) is -1.15. The van der Waals surface area contributed by atoms with E-state index in [1.165, 1.54) is 0 Å². The van der Waals surface area contributed by atoms with Gasteiger partial charge in [-0.2, -0.15) is 4.91 Å². The van der Waals surface area contributed by atoms with Gasteiger partial charge in [0.2, 0.25) is 0 Å². The molecule has 86 valence electrons. The highest BCUT2D eigenvalue weighted by Gasteiger charge is 2.09. The van der Waals surface area contributed by atoms with E-state index in [-0.39, 0.29) is 37.8 Å². The highest BCUT2D eigenvalue weighted by Crippen LogP contribution is 1.94. The van der Waals surface area contributed by atoms with Crippen LogP contribution < -0.4 is 5.32 Å². The topological polar surface area (TPSA) is 95.8 Å². The van der Waals surface area contributed by atoms with Gasteiger partial charge in [-0.05, 0) is 6.42 Å². The summed E-state index contributed by atoms with van der Waals surface area (Å²) in [5.41, 5.74) is 0. The zero-order valence-corrected chi connectivity index (χ0v) is 8.73. The van der Waals surface area contributed by atoms with E-state index in [2.05, 4.69) is 10.5 Å². The molecule has 0 spiro atoms. The molecule has 0 rings (SSSR count). The van der Waals surface area contributed by atoms with Crippen LogP contribution in [0.4, 0.5) is 0 Å². The SMILES string of the molecule is CCC(CN=O)NCC(=O)CCC(=O)O. The summed E-state index contributed by atoms with van der Waals surface area (Å²) in [7, 11) is 0. The minimum absolute atomic E-state index is 0.0211. The lowest BCUT2D eigenvalue weighted by molar-refractivity contribution is -0.138. The number of nitrogens with one attached hydrogen (secondary N) is 1. The van der Waals surface area contributed by atoms with Crippen LogP contribution in [0.25, 0.3) is 0 Å². The molecule has 1 unspecified atom stereocenters. The van der Waals surface area contributed by atoms with Gasteiger partial charge in [-0.25, -0.2) is 0 Å². The van der Waals surface area contributed by atoms with Crippen molar-refractivity contribution in [2.45, 2.75) is 32.2 Å². The van der Waals surface area contributed by atoms with E-state index in [1.807, 2.05) is 6.92 Å². The van der Waals surface area contributed by atoms with E-state index >= 15 is 0 Å². The van der Waals surface area contributed by atoms with Gasteiger partial charge in [0.05, 0.1) is 19.5 Å². The lowest BCUT2D eigenvalue weighted by Crippen LogP contribution is -2.35. The minimum Gasteiger partial charge on any atom is -0.481 e. The Morgan fingerprint density at radius 3 is 2.53 bits per heavy atom. The number of nitroso groups, excluding NO2 is 1. The molecule has 0 aliphatic heterocycles. The lowest BCUT2D eigenvalue weighted by Gasteiger charge is -2.11. The summed E-state index contributed by atoms with van der Waals surface area (Å²) < 4.78 is 0. The number of rotatable bonds is 9. The fourth-order valence-corrected chi connectivity index (χ4v) is 1.02. The molecule has 1 atom stereocenters. The summed E-state index contributed by atoms with van der Waals surface area (Å²) in [5, 5.41) is 13.9. The summed E-state index contributed by atoms with van der Waals surface area (Å²) >= 11 is 0. The average molecular weight is 216 g/mol. The zero-order valence-electron chi connectivity index (χ0n) is 8.73. The zero-order chi connectivity index (χ0) is 11.7. The maximum atomic E-state index is 11.1. The number of Topliss-reactive ketones (excluding diaryl/α,β-unsaturated/α-hetero) is 1. The largest absolute Gasteiger partial charge is 0.481 e. The van der Waals surface area contributed by atoms with Gasteiger partial charge in [0.1, 0.15) is 5.78 Å². The molecule has 0 saturated carbocycles. The van der Waals surface area contributed by atoms with Crippen LogP contribution in [0.3, 0.4) is 0 Å². The van der Waals surface area contributed by atoms with E-state index in [0.29, 0.717) is 6.42 Å². The van der Waals surface area contributed by atoms with Crippen LogP contribution in [0, 0.1) is 4.91 Å². The quantitative estimate of drug-likeness (QED) is 0.549. The first-order valence-corrected chi connectivity index (χ1v) is 4.86. The molecule has 2 N–H and O–H groups in total. The number of carboxylic acids is 1. The van der Waals surface area contributed by atoms with E-state index in [1.54, 1.807) is 0 Å². The first-order chi connectivity index (χ1) is 7.10. The number of hydrogen-bond donors (Lipinski definition) is 2. The van der Waals surface area contributed by atoms with Crippen molar-refractivity contribution < 1.29 is 14.7 Å². The molecule has 6 nitrogen and oxygen atoms in total. The van der Waals surface area contributed by atoms with Gasteiger partial charge in [-0.15, -0.1) is 0 Å². The van der Waals surface area contributed by atoms with Crippen molar-refractivity contribution in [2.75, 3.05) is 13.1 Å². The Morgan fingerprint density at radius 1 is 1.40 bits per heavy atom. The highest BCUT2D eigenvalue weighted by atomic mass is 16.4. The van der Waals surface area contributed by atoms with Gasteiger partial charge < -0.3 is 10.4 Å². The number of nitrogens with zero attached hydrogens (tertiary/aromatic N) is 1. The molecule has 0 fully saturated rings. The molecular formula is C9H16N2O4. The highest BCUT2D eigenvalue weighted by molar-refractivity contribution is 5.83. The minimum atomic E-state index is -0.982. The van der Waals surface area contributed by atoms with Gasteiger partial charge in [-0.1, -0.05) is 12.1 Å². The third-order valence-corrected chi connectivity index (χ3v) is 1.99. The summed E-state index contributed by atoms with van der Waals surface area (Å²) in [4.78, 5) is 31.3. The molecule has 0 saturated heterocycles. The Hall–Kier alpha value is -1.30. The third kappa shape index (κ3) is 7.75. The van der Waals surface area contributed by atoms with E-state index in [0.717, 1.165) is 0 Å². The van der Waals surface area contributed by atoms with Gasteiger partial charge >= 0.3 is 5.97 Å². The molecule has 15 heavy (non-hydrogen) atoms. The number of carboxylic acid groups (broad SMARTS) is 1. The van der Waals surface area contributed by atoms with Gasteiger partial charge in [0, 0.05) is 12.5 Å². The molecular weight excluding hydrogens is 200 g/mol. The van der Waals surface area contributed by atoms with Crippen molar-refractivity contribution in [1.29, 1.82) is 0 Å². The van der Waals surface area contributed by atoms with E-state index in [9.17, 15) is 14.5 Å². The van der Waals surface area contributed by atoms with Crippen LogP contribution in [0.15, 0.2) is 5.18 Å². The second-order valence-corrected chi connectivity index (χ2v) is 3.23. The molecule has 6 heteroatoms. The number of aliphatic carboxylic acids is 1. The van der Waals surface area contributed by atoms with Crippen molar-refractivity contribution in [3.63, 3.8) is 0 Å². The monoisotopic (exact) mass is 216 g/mol. The Labute approximate surface area is 88.0 Å². The second-order valence-electron chi connectivity index (χ2n) is 3.23. The number of carbonyl (C=O) groups excluding carboxylic acids is 1. The normalized spacial score (nSPS) is 12.1. The maximum absolute atomic E-state index is 11.1. The van der Waals surface area contributed by atoms with Gasteiger partial charge in [-0.3, -0.25) is 9.59 Å². The first kappa shape index (κ1) is 13.7. The Balaban J connectivity index is 3.67. The number of ketones is 1. The molecule has 0 amide bonds. The number of hydrogen-bond acceptors (Lipinski definition) is 5. The molecule has 0 aliphatic carbocycles. The smallest absolute Gasteiger partial charge is 0.303 e. The molecule has 0 bridgehead atoms. The van der Waals surface area contributed by atoms with Crippen molar-refractivity contribution in [3.8, 4) is 0 Å². The molecule has 0 aliphatic rings. The maximum Gasteiger partial charge on any atom is 0.303 e. The first-order valence-electron chi connectivity index (χ1n) is 4.86. The molecule has 0 aromatic rings. The van der Waals surface area contributed by atoms with Crippen molar-refractivity contribution >= 4 is 11.8 Å². The third-order valence-electron chi connectivity index (χ3n) is 1.99. The van der Waals surface area contributed by atoms with Crippen LogP contribution in [0.1, 0.15) is 26.2 Å². The number of carbonyl (C=O) groups is 2. The standard InChI is InChI=1S/C9H16N2O4/c1-2-7(5-11-15)10-6-8(12)3-4-9(13)14/h7,10H,2-6H2,1H3,(H,13,14). The second kappa shape index (κ2) is 8.05. The Kier molecular flexibility index (Phi) is 7.35. The summed E-state index contributed by atoms with van der Waals surface area (Å²) in [6, 6.07) is -0.101. The molecule has 0 heterocycles. The average Bonchev–Trinajstić information content (AvgIpc) is 2.21. The van der Waals surface area contributed by atoms with Crippen molar-refractivity contribution in [3.05, 3.63) is 4.91 Å². The van der Waals surface area contributed by atoms with Crippen LogP contribution in [0.5, 0.6) is 0 Å². The summed E-state index contributed by atoms with van der Waals surface area (Å²) in [6.45, 7) is 2.11. The Bertz CT molecular complexity index is 230. The van der Waals surface area contributed by atoms with Gasteiger partial charge in [0.15, 0.2) is 0 Å². The molecule has 0 aromatic heterocycles. The van der Waals surface area contributed by atoms with Gasteiger partial charge in [0.25, 0.3) is 0 Å².